The zero-order valence-corrected chi connectivity index (χ0v) is 15.1. The van der Waals surface area contributed by atoms with Gasteiger partial charge in [0.05, 0.1) is 0 Å². The van der Waals surface area contributed by atoms with Crippen molar-refractivity contribution < 1.29 is 14.0 Å². The predicted octanol–water partition coefficient (Wildman–Crippen LogP) is 3.81. The van der Waals surface area contributed by atoms with Crippen molar-refractivity contribution in [2.75, 3.05) is 18.4 Å². The Balaban J connectivity index is 1.29. The summed E-state index contributed by atoms with van der Waals surface area (Å²) in [5.41, 5.74) is 1.44. The molecule has 1 N–H and O–H groups in total. The zero-order chi connectivity index (χ0) is 18.8. The van der Waals surface area contributed by atoms with E-state index in [1.165, 1.54) is 6.07 Å². The van der Waals surface area contributed by atoms with E-state index in [1.807, 2.05) is 41.3 Å². The molecule has 0 radical (unpaired) electrons. The molecule has 4 rings (SSSR count). The predicted molar refractivity (Wildman–Crippen MR) is 102 cm³/mol. The Bertz CT molecular complexity index is 831. The van der Waals surface area contributed by atoms with Crippen molar-refractivity contribution in [1.29, 1.82) is 0 Å². The fourth-order valence-corrected chi connectivity index (χ4v) is 3.95. The highest BCUT2D eigenvalue weighted by Crippen LogP contribution is 2.49. The summed E-state index contributed by atoms with van der Waals surface area (Å²) < 4.78 is 13.9. The molecule has 140 valence electrons. The number of carbonyl (C=O) groups excluding carboxylic acids is 2. The van der Waals surface area contributed by atoms with Crippen LogP contribution in [0.3, 0.4) is 0 Å². The van der Waals surface area contributed by atoms with E-state index in [0.29, 0.717) is 37.9 Å². The van der Waals surface area contributed by atoms with Crippen molar-refractivity contribution >= 4 is 17.5 Å². The van der Waals surface area contributed by atoms with Gasteiger partial charge in [-0.15, -0.1) is 0 Å². The van der Waals surface area contributed by atoms with Gasteiger partial charge in [-0.25, -0.2) is 4.39 Å². The molecule has 0 bridgehead atoms. The number of halogens is 1. The van der Waals surface area contributed by atoms with Crippen LogP contribution in [0.2, 0.25) is 0 Å². The molecule has 2 fully saturated rings. The minimum atomic E-state index is -0.228. The van der Waals surface area contributed by atoms with E-state index in [1.54, 1.807) is 12.1 Å². The Hall–Kier alpha value is -2.69. The third-order valence-electron chi connectivity index (χ3n) is 5.63. The molecule has 2 aromatic rings. The molecule has 1 heterocycles. The molecule has 5 heteroatoms. The van der Waals surface area contributed by atoms with Gasteiger partial charge in [0, 0.05) is 30.6 Å². The second kappa shape index (κ2) is 7.51. The molecule has 2 aromatic carbocycles. The monoisotopic (exact) mass is 366 g/mol. The van der Waals surface area contributed by atoms with Crippen LogP contribution in [0, 0.1) is 17.7 Å². The first-order valence-corrected chi connectivity index (χ1v) is 9.52. The average molecular weight is 366 g/mol. The number of hydrogen-bond donors (Lipinski definition) is 1. The molecular weight excluding hydrogens is 343 g/mol. The Morgan fingerprint density at radius 2 is 1.63 bits per heavy atom. The molecule has 1 saturated heterocycles. The molecule has 2 atom stereocenters. The smallest absolute Gasteiger partial charge is 0.227 e. The van der Waals surface area contributed by atoms with E-state index in [-0.39, 0.29) is 35.4 Å². The van der Waals surface area contributed by atoms with Crippen LogP contribution in [0.5, 0.6) is 0 Å². The van der Waals surface area contributed by atoms with Crippen molar-refractivity contribution in [2.24, 2.45) is 11.8 Å². The third kappa shape index (κ3) is 3.87. The van der Waals surface area contributed by atoms with Crippen molar-refractivity contribution in [1.82, 2.24) is 4.90 Å². The molecule has 1 aliphatic carbocycles. The summed E-state index contributed by atoms with van der Waals surface area (Å²) in [4.78, 5) is 27.0. The van der Waals surface area contributed by atoms with Crippen molar-refractivity contribution in [3.05, 3.63) is 66.0 Å². The second-order valence-electron chi connectivity index (χ2n) is 7.43. The molecule has 2 aliphatic rings. The number of benzene rings is 2. The van der Waals surface area contributed by atoms with Crippen LogP contribution in [0.15, 0.2) is 54.6 Å². The van der Waals surface area contributed by atoms with Gasteiger partial charge in [-0.3, -0.25) is 9.59 Å². The molecule has 0 spiro atoms. The number of anilines is 1. The van der Waals surface area contributed by atoms with Gasteiger partial charge in [-0.1, -0.05) is 36.4 Å². The summed E-state index contributed by atoms with van der Waals surface area (Å²) >= 11 is 0. The molecule has 1 saturated carbocycles. The van der Waals surface area contributed by atoms with Gasteiger partial charge in [-0.05, 0) is 48.9 Å². The van der Waals surface area contributed by atoms with Gasteiger partial charge in [-0.2, -0.15) is 0 Å². The van der Waals surface area contributed by atoms with Crippen molar-refractivity contribution in [3.63, 3.8) is 0 Å². The Kier molecular flexibility index (Phi) is 4.92. The van der Waals surface area contributed by atoms with E-state index < -0.39 is 0 Å². The van der Waals surface area contributed by atoms with Crippen LogP contribution >= 0.6 is 0 Å². The molecule has 2 unspecified atom stereocenters. The maximum Gasteiger partial charge on any atom is 0.227 e. The zero-order valence-electron chi connectivity index (χ0n) is 15.1. The van der Waals surface area contributed by atoms with Gasteiger partial charge in [0.25, 0.3) is 0 Å². The van der Waals surface area contributed by atoms with E-state index >= 15 is 0 Å². The minimum absolute atomic E-state index is 0.00203. The lowest BCUT2D eigenvalue weighted by Crippen LogP contribution is -2.42. The van der Waals surface area contributed by atoms with Crippen LogP contribution in [0.1, 0.15) is 30.7 Å². The maximum absolute atomic E-state index is 13.9. The first-order valence-electron chi connectivity index (χ1n) is 9.52. The quantitative estimate of drug-likeness (QED) is 0.895. The van der Waals surface area contributed by atoms with Crippen LogP contribution in [-0.4, -0.2) is 29.8 Å². The lowest BCUT2D eigenvalue weighted by molar-refractivity contribution is -0.135. The van der Waals surface area contributed by atoms with Crippen LogP contribution in [-0.2, 0) is 9.59 Å². The molecule has 1 aliphatic heterocycles. The lowest BCUT2D eigenvalue weighted by Gasteiger charge is -2.31. The maximum atomic E-state index is 13.9. The first-order chi connectivity index (χ1) is 13.1. The van der Waals surface area contributed by atoms with Crippen LogP contribution in [0.25, 0.3) is 0 Å². The Labute approximate surface area is 158 Å². The van der Waals surface area contributed by atoms with Crippen LogP contribution < -0.4 is 5.32 Å². The largest absolute Gasteiger partial charge is 0.342 e. The number of piperidine rings is 1. The van der Waals surface area contributed by atoms with Gasteiger partial charge < -0.3 is 10.2 Å². The van der Waals surface area contributed by atoms with Gasteiger partial charge in [0.1, 0.15) is 5.82 Å². The standard InChI is InChI=1S/C22H23FN2O2/c23-20-9-5-4-8-17(20)18-14-19(18)22(27)25-12-10-15(11-13-25)21(26)24-16-6-2-1-3-7-16/h1-9,15,18-19H,10-14H2,(H,24,26). The summed E-state index contributed by atoms with van der Waals surface area (Å²) in [5, 5.41) is 2.94. The molecule has 2 amide bonds. The molecular formula is C22H23FN2O2. The van der Waals surface area contributed by atoms with E-state index in [0.717, 1.165) is 5.69 Å². The highest BCUT2D eigenvalue weighted by molar-refractivity contribution is 5.92. The normalized spacial score (nSPS) is 22.3. The van der Waals surface area contributed by atoms with E-state index in [2.05, 4.69) is 5.32 Å². The summed E-state index contributed by atoms with van der Waals surface area (Å²) in [5.74, 6) is -0.298. The molecule has 0 aromatic heterocycles. The third-order valence-corrected chi connectivity index (χ3v) is 5.63. The van der Waals surface area contributed by atoms with E-state index in [4.69, 9.17) is 0 Å². The number of rotatable bonds is 4. The van der Waals surface area contributed by atoms with E-state index in [9.17, 15) is 14.0 Å². The molecule has 4 nitrogen and oxygen atoms in total. The summed E-state index contributed by atoms with van der Waals surface area (Å²) in [6, 6.07) is 16.1. The fraction of sp³-hybridized carbons (Fsp3) is 0.364. The van der Waals surface area contributed by atoms with Crippen LogP contribution in [0.4, 0.5) is 10.1 Å². The number of nitrogens with one attached hydrogen (secondary N) is 1. The number of nitrogens with zero attached hydrogens (tertiary/aromatic N) is 1. The summed E-state index contributed by atoms with van der Waals surface area (Å²) in [6.07, 6.45) is 2.05. The summed E-state index contributed by atoms with van der Waals surface area (Å²) in [6.45, 7) is 1.18. The summed E-state index contributed by atoms with van der Waals surface area (Å²) in [7, 11) is 0. The lowest BCUT2D eigenvalue weighted by atomic mass is 9.95. The number of likely N-dealkylation sites (tertiary alicyclic amines) is 1. The first kappa shape index (κ1) is 17.7. The number of amides is 2. The number of para-hydroxylation sites is 1. The number of carbonyl (C=O) groups is 2. The average Bonchev–Trinajstić information content (AvgIpc) is 3.49. The van der Waals surface area contributed by atoms with Crippen molar-refractivity contribution in [3.8, 4) is 0 Å². The second-order valence-corrected chi connectivity index (χ2v) is 7.43. The SMILES string of the molecule is O=C(Nc1ccccc1)C1CCN(C(=O)C2CC2c2ccccc2F)CC1. The Morgan fingerprint density at radius 3 is 2.33 bits per heavy atom. The Morgan fingerprint density at radius 1 is 0.963 bits per heavy atom. The fourth-order valence-electron chi connectivity index (χ4n) is 3.95. The van der Waals surface area contributed by atoms with Gasteiger partial charge >= 0.3 is 0 Å². The van der Waals surface area contributed by atoms with Gasteiger partial charge in [0.2, 0.25) is 11.8 Å². The van der Waals surface area contributed by atoms with Gasteiger partial charge in [0.15, 0.2) is 0 Å². The van der Waals surface area contributed by atoms with Crippen molar-refractivity contribution in [2.45, 2.75) is 25.2 Å². The highest BCUT2D eigenvalue weighted by Gasteiger charge is 2.47. The highest BCUT2D eigenvalue weighted by atomic mass is 19.1. The topological polar surface area (TPSA) is 49.4 Å². The molecule has 27 heavy (non-hydrogen) atoms. The minimum Gasteiger partial charge on any atom is -0.342 e. The number of hydrogen-bond acceptors (Lipinski definition) is 2.